The lowest BCUT2D eigenvalue weighted by molar-refractivity contribution is 0.210. The second-order valence-corrected chi connectivity index (χ2v) is 6.20. The monoisotopic (exact) mass is 324 g/mol. The van der Waals surface area contributed by atoms with E-state index in [0.717, 1.165) is 25.7 Å². The molecule has 5 nitrogen and oxygen atoms in total. The van der Waals surface area contributed by atoms with Crippen molar-refractivity contribution in [3.8, 4) is 0 Å². The molecule has 7 heteroatoms. The van der Waals surface area contributed by atoms with Crippen LogP contribution in [0.2, 0.25) is 5.02 Å². The molecule has 1 fully saturated rings. The minimum absolute atomic E-state index is 0.141. The van der Waals surface area contributed by atoms with Gasteiger partial charge in [-0.25, -0.2) is 9.07 Å². The largest absolute Gasteiger partial charge is 0.382 e. The van der Waals surface area contributed by atoms with Gasteiger partial charge in [0.25, 0.3) is 0 Å². The van der Waals surface area contributed by atoms with Crippen LogP contribution in [0.15, 0.2) is 24.4 Å². The molecule has 1 atom stereocenters. The van der Waals surface area contributed by atoms with Gasteiger partial charge in [-0.1, -0.05) is 22.9 Å². The molecule has 2 aromatic rings. The smallest absolute Gasteiger partial charge is 0.130 e. The molecule has 0 amide bonds. The van der Waals surface area contributed by atoms with E-state index < -0.39 is 11.9 Å². The lowest BCUT2D eigenvalue weighted by Crippen LogP contribution is -2.28. The predicted molar refractivity (Wildman–Crippen MR) is 81.0 cm³/mol. The summed E-state index contributed by atoms with van der Waals surface area (Å²) in [4.78, 5) is 0. The summed E-state index contributed by atoms with van der Waals surface area (Å²) in [5, 5.41) is 18.6. The Balaban J connectivity index is 1.78. The molecule has 0 bridgehead atoms. The summed E-state index contributed by atoms with van der Waals surface area (Å²) < 4.78 is 15.6. The van der Waals surface area contributed by atoms with Gasteiger partial charge in [0.2, 0.25) is 0 Å². The molecule has 1 unspecified atom stereocenters. The Morgan fingerprint density at radius 3 is 2.73 bits per heavy atom. The summed E-state index contributed by atoms with van der Waals surface area (Å²) in [7, 11) is 0. The average Bonchev–Trinajstić information content (AvgIpc) is 2.97. The van der Waals surface area contributed by atoms with Gasteiger partial charge in [-0.15, -0.1) is 5.10 Å². The van der Waals surface area contributed by atoms with E-state index in [1.165, 1.54) is 18.2 Å². The van der Waals surface area contributed by atoms with Crippen LogP contribution >= 0.6 is 11.6 Å². The number of nitrogens with zero attached hydrogens (tertiary/aromatic N) is 3. The number of rotatable bonds is 3. The molecule has 1 aromatic carbocycles. The topological polar surface area (TPSA) is 77.0 Å². The van der Waals surface area contributed by atoms with Crippen LogP contribution in [0.1, 0.15) is 49.1 Å². The Morgan fingerprint density at radius 2 is 2.05 bits per heavy atom. The van der Waals surface area contributed by atoms with Crippen molar-refractivity contribution in [3.05, 3.63) is 46.5 Å². The van der Waals surface area contributed by atoms with Crippen LogP contribution in [0.3, 0.4) is 0 Å². The zero-order valence-electron chi connectivity index (χ0n) is 12.0. The molecule has 3 N–H and O–H groups in total. The Morgan fingerprint density at radius 1 is 1.32 bits per heavy atom. The van der Waals surface area contributed by atoms with E-state index in [-0.39, 0.29) is 22.7 Å². The van der Waals surface area contributed by atoms with Crippen LogP contribution in [0.25, 0.3) is 0 Å². The molecular formula is C15H18ClFN4O. The maximum atomic E-state index is 13.9. The number of hydrogen-bond acceptors (Lipinski definition) is 4. The summed E-state index contributed by atoms with van der Waals surface area (Å²) in [5.41, 5.74) is 6.37. The Kier molecular flexibility index (Phi) is 4.42. The average molecular weight is 325 g/mol. The SMILES string of the molecule is NC1CCC(n2cc(C(O)c3ccc(Cl)cc3F)nn2)CC1. The van der Waals surface area contributed by atoms with Gasteiger partial charge < -0.3 is 10.8 Å². The van der Waals surface area contributed by atoms with E-state index in [2.05, 4.69) is 10.3 Å². The van der Waals surface area contributed by atoms with E-state index in [0.29, 0.717) is 5.69 Å². The highest BCUT2D eigenvalue weighted by Crippen LogP contribution is 2.29. The van der Waals surface area contributed by atoms with Crippen molar-refractivity contribution in [2.24, 2.45) is 5.73 Å². The van der Waals surface area contributed by atoms with Crippen molar-refractivity contribution in [3.63, 3.8) is 0 Å². The third-order valence-corrected chi connectivity index (χ3v) is 4.42. The molecule has 3 rings (SSSR count). The number of benzene rings is 1. The first-order chi connectivity index (χ1) is 10.5. The number of hydrogen-bond donors (Lipinski definition) is 2. The van der Waals surface area contributed by atoms with Crippen LogP contribution in [0.5, 0.6) is 0 Å². The second-order valence-electron chi connectivity index (χ2n) is 5.76. The second kappa shape index (κ2) is 6.32. The molecule has 0 radical (unpaired) electrons. The number of nitrogens with two attached hydrogens (primary N) is 1. The fraction of sp³-hybridized carbons (Fsp3) is 0.467. The molecule has 1 saturated carbocycles. The Bertz CT molecular complexity index is 655. The molecule has 1 aliphatic rings. The number of aromatic nitrogens is 3. The van der Waals surface area contributed by atoms with Gasteiger partial charge in [0.05, 0.1) is 12.2 Å². The molecule has 1 heterocycles. The van der Waals surface area contributed by atoms with E-state index in [4.69, 9.17) is 17.3 Å². The van der Waals surface area contributed by atoms with Gasteiger partial charge in [-0.05, 0) is 37.8 Å². The lowest BCUT2D eigenvalue weighted by Gasteiger charge is -2.25. The van der Waals surface area contributed by atoms with Crippen molar-refractivity contribution in [2.75, 3.05) is 0 Å². The van der Waals surface area contributed by atoms with Crippen LogP contribution in [-0.4, -0.2) is 26.1 Å². The molecule has 1 aromatic heterocycles. The van der Waals surface area contributed by atoms with Crippen molar-refractivity contribution in [1.29, 1.82) is 0 Å². The maximum Gasteiger partial charge on any atom is 0.130 e. The van der Waals surface area contributed by atoms with E-state index in [9.17, 15) is 9.50 Å². The fourth-order valence-electron chi connectivity index (χ4n) is 2.84. The zero-order valence-corrected chi connectivity index (χ0v) is 12.7. The summed E-state index contributed by atoms with van der Waals surface area (Å²) in [5.74, 6) is -0.557. The summed E-state index contributed by atoms with van der Waals surface area (Å²) in [6.07, 6.45) is 4.31. The summed E-state index contributed by atoms with van der Waals surface area (Å²) in [6, 6.07) is 4.67. The summed E-state index contributed by atoms with van der Waals surface area (Å²) in [6.45, 7) is 0. The van der Waals surface area contributed by atoms with Crippen LogP contribution in [0.4, 0.5) is 4.39 Å². The fourth-order valence-corrected chi connectivity index (χ4v) is 3.00. The molecular weight excluding hydrogens is 307 g/mol. The molecule has 22 heavy (non-hydrogen) atoms. The van der Waals surface area contributed by atoms with E-state index in [1.54, 1.807) is 10.9 Å². The third-order valence-electron chi connectivity index (χ3n) is 4.18. The first-order valence-electron chi connectivity index (χ1n) is 7.35. The highest BCUT2D eigenvalue weighted by Gasteiger charge is 2.23. The van der Waals surface area contributed by atoms with Crippen LogP contribution in [-0.2, 0) is 0 Å². The number of aliphatic hydroxyl groups excluding tert-OH is 1. The van der Waals surface area contributed by atoms with Crippen molar-refractivity contribution >= 4 is 11.6 Å². The van der Waals surface area contributed by atoms with Crippen LogP contribution in [0, 0.1) is 5.82 Å². The first-order valence-corrected chi connectivity index (χ1v) is 7.72. The highest BCUT2D eigenvalue weighted by atomic mass is 35.5. The van der Waals surface area contributed by atoms with Gasteiger partial charge in [-0.2, -0.15) is 0 Å². The van der Waals surface area contributed by atoms with Gasteiger partial charge in [0.1, 0.15) is 17.6 Å². The van der Waals surface area contributed by atoms with Gasteiger partial charge in [0, 0.05) is 16.6 Å². The van der Waals surface area contributed by atoms with Crippen molar-refractivity contribution in [2.45, 2.75) is 43.9 Å². The van der Waals surface area contributed by atoms with Crippen molar-refractivity contribution in [1.82, 2.24) is 15.0 Å². The molecule has 0 spiro atoms. The van der Waals surface area contributed by atoms with Crippen molar-refractivity contribution < 1.29 is 9.50 Å². The Labute approximate surface area is 132 Å². The lowest BCUT2D eigenvalue weighted by atomic mass is 9.92. The number of halogens is 2. The Hall–Kier alpha value is -1.50. The predicted octanol–water partition coefficient (Wildman–Crippen LogP) is 2.59. The molecule has 118 valence electrons. The highest BCUT2D eigenvalue weighted by molar-refractivity contribution is 6.30. The first kappa shape index (κ1) is 15.4. The standard InChI is InChI=1S/C15H18ClFN4O/c16-9-1-6-12(13(17)7-9)15(22)14-8-21(20-19-14)11-4-2-10(18)3-5-11/h1,6-8,10-11,15,22H,2-5,18H2. The van der Waals surface area contributed by atoms with Crippen LogP contribution < -0.4 is 5.73 Å². The quantitative estimate of drug-likeness (QED) is 0.909. The maximum absolute atomic E-state index is 13.9. The third kappa shape index (κ3) is 3.14. The minimum Gasteiger partial charge on any atom is -0.382 e. The van der Waals surface area contributed by atoms with E-state index >= 15 is 0 Å². The van der Waals surface area contributed by atoms with Gasteiger partial charge in [-0.3, -0.25) is 0 Å². The normalized spacial score (nSPS) is 23.5. The molecule has 0 saturated heterocycles. The zero-order chi connectivity index (χ0) is 15.7. The van der Waals surface area contributed by atoms with E-state index in [1.807, 2.05) is 0 Å². The summed E-state index contributed by atoms with van der Waals surface area (Å²) >= 11 is 5.72. The number of aliphatic hydroxyl groups is 1. The van der Waals surface area contributed by atoms with Gasteiger partial charge >= 0.3 is 0 Å². The minimum atomic E-state index is -1.16. The molecule has 1 aliphatic carbocycles. The van der Waals surface area contributed by atoms with Gasteiger partial charge in [0.15, 0.2) is 0 Å². The molecule has 0 aliphatic heterocycles.